The first-order valence-electron chi connectivity index (χ1n) is 6.80. The molecule has 19 heavy (non-hydrogen) atoms. The molecule has 0 aliphatic heterocycles. The lowest BCUT2D eigenvalue weighted by Crippen LogP contribution is -2.13. The monoisotopic (exact) mass is 258 g/mol. The third kappa shape index (κ3) is 3.20. The van der Waals surface area contributed by atoms with Crippen molar-refractivity contribution in [2.75, 3.05) is 0 Å². The lowest BCUT2D eigenvalue weighted by Gasteiger charge is -2.13. The molecule has 4 heteroatoms. The molecule has 1 aromatic carbocycles. The second-order valence-electron chi connectivity index (χ2n) is 5.19. The quantitative estimate of drug-likeness (QED) is 0.896. The summed E-state index contributed by atoms with van der Waals surface area (Å²) in [5.74, 6) is 1.89. The van der Waals surface area contributed by atoms with Crippen LogP contribution in [0.25, 0.3) is 0 Å². The van der Waals surface area contributed by atoms with Crippen LogP contribution in [0.4, 0.5) is 0 Å². The molecule has 2 aromatic rings. The fraction of sp³-hybridized carbons (Fsp3) is 0.467. The third-order valence-corrected chi connectivity index (χ3v) is 3.26. The Morgan fingerprint density at radius 1 is 1.16 bits per heavy atom. The maximum absolute atomic E-state index is 5.71. The van der Waals surface area contributed by atoms with Crippen LogP contribution >= 0.6 is 0 Å². The van der Waals surface area contributed by atoms with Crippen molar-refractivity contribution in [3.8, 4) is 0 Å². The number of hydrogen-bond acceptors (Lipinski definition) is 3. The number of nitrogens with two attached hydrogens (primary N) is 1. The summed E-state index contributed by atoms with van der Waals surface area (Å²) in [6, 6.07) is 8.95. The fourth-order valence-corrected chi connectivity index (χ4v) is 2.39. The first-order valence-corrected chi connectivity index (χ1v) is 6.80. The van der Waals surface area contributed by atoms with Crippen LogP contribution in [0.2, 0.25) is 0 Å². The van der Waals surface area contributed by atoms with Gasteiger partial charge in [-0.2, -0.15) is 0 Å². The van der Waals surface area contributed by atoms with E-state index in [1.807, 2.05) is 0 Å². The molecule has 2 N–H and O–H groups in total. The van der Waals surface area contributed by atoms with Gasteiger partial charge in [-0.25, -0.2) is 0 Å². The van der Waals surface area contributed by atoms with Gasteiger partial charge in [-0.3, -0.25) is 0 Å². The minimum atomic E-state index is 0.348. The highest BCUT2D eigenvalue weighted by molar-refractivity contribution is 5.22. The van der Waals surface area contributed by atoms with Gasteiger partial charge in [0.25, 0.3) is 0 Å². The SMILES string of the molecule is Cc1cccc(CCc2nnc(CN)n2C(C)C)c1. The van der Waals surface area contributed by atoms with E-state index in [9.17, 15) is 0 Å². The summed E-state index contributed by atoms with van der Waals surface area (Å²) < 4.78 is 2.15. The molecule has 102 valence electrons. The standard InChI is InChI=1S/C15H22N4/c1-11(2)19-14(17-18-15(19)10-16)8-7-13-6-4-5-12(3)9-13/h4-6,9,11H,7-8,10,16H2,1-3H3. The van der Waals surface area contributed by atoms with Gasteiger partial charge >= 0.3 is 0 Å². The van der Waals surface area contributed by atoms with E-state index in [0.717, 1.165) is 24.5 Å². The molecule has 0 aliphatic carbocycles. The number of aryl methyl sites for hydroxylation is 3. The summed E-state index contributed by atoms with van der Waals surface area (Å²) in [6.07, 6.45) is 1.88. The van der Waals surface area contributed by atoms with E-state index in [-0.39, 0.29) is 0 Å². The van der Waals surface area contributed by atoms with Crippen molar-refractivity contribution in [2.24, 2.45) is 5.73 Å². The van der Waals surface area contributed by atoms with Crippen LogP contribution in [-0.2, 0) is 19.4 Å². The maximum atomic E-state index is 5.71. The Morgan fingerprint density at radius 3 is 2.53 bits per heavy atom. The minimum Gasteiger partial charge on any atom is -0.324 e. The maximum Gasteiger partial charge on any atom is 0.147 e. The zero-order valence-corrected chi connectivity index (χ0v) is 11.9. The van der Waals surface area contributed by atoms with Gasteiger partial charge < -0.3 is 10.3 Å². The molecule has 0 fully saturated rings. The Hall–Kier alpha value is -1.68. The highest BCUT2D eigenvalue weighted by Crippen LogP contribution is 2.14. The van der Waals surface area contributed by atoms with Gasteiger partial charge in [0.1, 0.15) is 11.6 Å². The van der Waals surface area contributed by atoms with Gasteiger partial charge in [0.05, 0.1) is 6.54 Å². The second-order valence-corrected chi connectivity index (χ2v) is 5.19. The summed E-state index contributed by atoms with van der Waals surface area (Å²) in [4.78, 5) is 0. The molecule has 0 atom stereocenters. The van der Waals surface area contributed by atoms with Gasteiger partial charge in [0.15, 0.2) is 0 Å². The van der Waals surface area contributed by atoms with E-state index in [1.54, 1.807) is 0 Å². The third-order valence-electron chi connectivity index (χ3n) is 3.26. The average Bonchev–Trinajstić information content (AvgIpc) is 2.79. The average molecular weight is 258 g/mol. The zero-order valence-electron chi connectivity index (χ0n) is 11.9. The summed E-state index contributed by atoms with van der Waals surface area (Å²) >= 11 is 0. The van der Waals surface area contributed by atoms with Crippen LogP contribution in [0.1, 0.15) is 42.7 Å². The van der Waals surface area contributed by atoms with Crippen LogP contribution in [0.5, 0.6) is 0 Å². The Labute approximate surface area is 114 Å². The van der Waals surface area contributed by atoms with E-state index >= 15 is 0 Å². The van der Waals surface area contributed by atoms with E-state index in [1.165, 1.54) is 11.1 Å². The minimum absolute atomic E-state index is 0.348. The van der Waals surface area contributed by atoms with E-state index in [4.69, 9.17) is 5.73 Å². The van der Waals surface area contributed by atoms with Gasteiger partial charge in [-0.15, -0.1) is 10.2 Å². The lowest BCUT2D eigenvalue weighted by atomic mass is 10.1. The van der Waals surface area contributed by atoms with E-state index in [0.29, 0.717) is 12.6 Å². The molecule has 0 saturated carbocycles. The van der Waals surface area contributed by atoms with Crippen molar-refractivity contribution in [3.63, 3.8) is 0 Å². The number of hydrogen-bond donors (Lipinski definition) is 1. The van der Waals surface area contributed by atoms with Crippen LogP contribution < -0.4 is 5.73 Å². The van der Waals surface area contributed by atoms with E-state index in [2.05, 4.69) is 59.8 Å². The van der Waals surface area contributed by atoms with Gasteiger partial charge in [0.2, 0.25) is 0 Å². The van der Waals surface area contributed by atoms with Crippen molar-refractivity contribution in [1.29, 1.82) is 0 Å². The molecule has 2 rings (SSSR count). The molecule has 0 saturated heterocycles. The molecule has 0 spiro atoms. The van der Waals surface area contributed by atoms with Gasteiger partial charge in [-0.05, 0) is 32.8 Å². The predicted octanol–water partition coefficient (Wildman–Crippen LogP) is 2.41. The van der Waals surface area contributed by atoms with Crippen LogP contribution in [0, 0.1) is 6.92 Å². The summed E-state index contributed by atoms with van der Waals surface area (Å²) in [6.45, 7) is 6.83. The molecule has 0 aliphatic rings. The summed E-state index contributed by atoms with van der Waals surface area (Å²) in [5, 5.41) is 8.45. The topological polar surface area (TPSA) is 56.7 Å². The van der Waals surface area contributed by atoms with Crippen LogP contribution in [-0.4, -0.2) is 14.8 Å². The number of aromatic nitrogens is 3. The smallest absolute Gasteiger partial charge is 0.147 e. The molecule has 0 unspecified atom stereocenters. The first kappa shape index (κ1) is 13.7. The van der Waals surface area contributed by atoms with Crippen LogP contribution in [0.3, 0.4) is 0 Å². The molecule has 4 nitrogen and oxygen atoms in total. The van der Waals surface area contributed by atoms with Gasteiger partial charge in [0, 0.05) is 12.5 Å². The van der Waals surface area contributed by atoms with Crippen molar-refractivity contribution < 1.29 is 0 Å². The number of rotatable bonds is 5. The Morgan fingerprint density at radius 2 is 1.89 bits per heavy atom. The predicted molar refractivity (Wildman–Crippen MR) is 76.9 cm³/mol. The summed E-state index contributed by atoms with van der Waals surface area (Å²) in [7, 11) is 0. The van der Waals surface area contributed by atoms with Crippen LogP contribution in [0.15, 0.2) is 24.3 Å². The molecule has 1 aromatic heterocycles. The fourth-order valence-electron chi connectivity index (χ4n) is 2.39. The van der Waals surface area contributed by atoms with Crippen molar-refractivity contribution in [2.45, 2.75) is 46.2 Å². The first-order chi connectivity index (χ1) is 9.11. The summed E-state index contributed by atoms with van der Waals surface area (Å²) in [5.41, 5.74) is 8.34. The highest BCUT2D eigenvalue weighted by atomic mass is 15.3. The Balaban J connectivity index is 2.13. The molecule has 0 amide bonds. The van der Waals surface area contributed by atoms with E-state index < -0.39 is 0 Å². The van der Waals surface area contributed by atoms with Crippen molar-refractivity contribution >= 4 is 0 Å². The van der Waals surface area contributed by atoms with Crippen molar-refractivity contribution in [1.82, 2.24) is 14.8 Å². The molecule has 1 heterocycles. The zero-order chi connectivity index (χ0) is 13.8. The normalized spacial score (nSPS) is 11.2. The van der Waals surface area contributed by atoms with Crippen molar-refractivity contribution in [3.05, 3.63) is 47.0 Å². The Bertz CT molecular complexity index is 543. The molecular weight excluding hydrogens is 236 g/mol. The van der Waals surface area contributed by atoms with Gasteiger partial charge in [-0.1, -0.05) is 29.8 Å². The molecule has 0 radical (unpaired) electrons. The highest BCUT2D eigenvalue weighted by Gasteiger charge is 2.13. The largest absolute Gasteiger partial charge is 0.324 e. The number of nitrogens with zero attached hydrogens (tertiary/aromatic N) is 3. The molecule has 0 bridgehead atoms. The Kier molecular flexibility index (Phi) is 4.32. The number of benzene rings is 1. The lowest BCUT2D eigenvalue weighted by molar-refractivity contribution is 0.541. The second kappa shape index (κ2) is 5.97. The molecular formula is C15H22N4.